The minimum atomic E-state index is -2.66. The summed E-state index contributed by atoms with van der Waals surface area (Å²) in [6.07, 6.45) is -3.52. The van der Waals surface area contributed by atoms with Crippen LogP contribution in [0.5, 0.6) is 11.5 Å². The molecule has 0 heterocycles. The Bertz CT molecular complexity index is 399. The molecule has 0 bridgehead atoms. The highest BCUT2D eigenvalue weighted by atomic mass is 19.3. The quantitative estimate of drug-likeness (QED) is 0.821. The van der Waals surface area contributed by atoms with Crippen LogP contribution in [0.25, 0.3) is 0 Å². The molecule has 1 aromatic rings. The normalized spacial score (nSPS) is 12.6. The van der Waals surface area contributed by atoms with Crippen LogP contribution < -0.4 is 14.8 Å². The Hall–Kier alpha value is -1.40. The van der Waals surface area contributed by atoms with Crippen molar-refractivity contribution in [3.05, 3.63) is 23.3 Å². The molecule has 0 fully saturated rings. The minimum Gasteiger partial charge on any atom is -0.496 e. The molecule has 1 atom stereocenters. The molecule has 18 heavy (non-hydrogen) atoms. The fourth-order valence-corrected chi connectivity index (χ4v) is 1.68. The average molecular weight is 261 g/mol. The van der Waals surface area contributed by atoms with Crippen LogP contribution in [-0.2, 0) is 0 Å². The molecule has 1 aromatic carbocycles. The number of rotatable bonds is 6. The maximum Gasteiger partial charge on any atom is 0.267 e. The molecule has 1 rings (SSSR count). The van der Waals surface area contributed by atoms with Crippen molar-refractivity contribution in [3.63, 3.8) is 0 Å². The van der Waals surface area contributed by atoms with Gasteiger partial charge in [-0.1, -0.05) is 0 Å². The summed E-state index contributed by atoms with van der Waals surface area (Å²) in [5, 5.41) is 12.7. The van der Waals surface area contributed by atoms with Crippen LogP contribution in [-0.4, -0.2) is 32.9 Å². The average Bonchev–Trinajstić information content (AvgIpc) is 2.37. The number of methoxy groups -OCH3 is 2. The first-order chi connectivity index (χ1) is 8.54. The molecule has 0 aliphatic rings. The third-order valence-corrected chi connectivity index (χ3v) is 2.57. The lowest BCUT2D eigenvalue weighted by atomic mass is 10.0. The Kier molecular flexibility index (Phi) is 5.30. The standard InChI is InChI=1S/C12H17F2NO3/c1-15-6-9(16)7-4-11(18-3)8(12(13)14)5-10(7)17-2/h4-5,9,12,15-16H,6H2,1-3H3. The van der Waals surface area contributed by atoms with Crippen LogP contribution >= 0.6 is 0 Å². The third kappa shape index (κ3) is 3.08. The maximum absolute atomic E-state index is 12.8. The lowest BCUT2D eigenvalue weighted by molar-refractivity contribution is 0.145. The van der Waals surface area contributed by atoms with Crippen molar-refractivity contribution in [2.75, 3.05) is 27.8 Å². The van der Waals surface area contributed by atoms with Crippen LogP contribution in [0.1, 0.15) is 23.7 Å². The van der Waals surface area contributed by atoms with Gasteiger partial charge < -0.3 is 19.9 Å². The van der Waals surface area contributed by atoms with Crippen LogP contribution in [0.3, 0.4) is 0 Å². The summed E-state index contributed by atoms with van der Waals surface area (Å²) >= 11 is 0. The highest BCUT2D eigenvalue weighted by Crippen LogP contribution is 2.37. The van der Waals surface area contributed by atoms with E-state index in [1.807, 2.05) is 0 Å². The lowest BCUT2D eigenvalue weighted by Gasteiger charge is -2.18. The number of benzene rings is 1. The van der Waals surface area contributed by atoms with Crippen LogP contribution in [0.15, 0.2) is 12.1 Å². The molecule has 0 amide bonds. The molecule has 1 unspecified atom stereocenters. The van der Waals surface area contributed by atoms with Crippen molar-refractivity contribution in [3.8, 4) is 11.5 Å². The van der Waals surface area contributed by atoms with Gasteiger partial charge in [-0.2, -0.15) is 0 Å². The number of hydrogen-bond donors (Lipinski definition) is 2. The summed E-state index contributed by atoms with van der Waals surface area (Å²) in [7, 11) is 4.36. The fraction of sp³-hybridized carbons (Fsp3) is 0.500. The van der Waals surface area contributed by atoms with Crippen LogP contribution in [0.4, 0.5) is 8.78 Å². The number of halogens is 2. The van der Waals surface area contributed by atoms with E-state index in [1.165, 1.54) is 26.4 Å². The molecule has 0 aliphatic carbocycles. The van der Waals surface area contributed by atoms with Crippen molar-refractivity contribution in [1.29, 1.82) is 0 Å². The van der Waals surface area contributed by atoms with Crippen molar-refractivity contribution in [2.24, 2.45) is 0 Å². The number of aliphatic hydroxyl groups is 1. The van der Waals surface area contributed by atoms with Crippen molar-refractivity contribution in [1.82, 2.24) is 5.32 Å². The zero-order valence-corrected chi connectivity index (χ0v) is 10.5. The van der Waals surface area contributed by atoms with E-state index in [9.17, 15) is 13.9 Å². The summed E-state index contributed by atoms with van der Waals surface area (Å²) < 4.78 is 35.5. The lowest BCUT2D eigenvalue weighted by Crippen LogP contribution is -2.17. The van der Waals surface area contributed by atoms with Crippen molar-refractivity contribution in [2.45, 2.75) is 12.5 Å². The summed E-state index contributed by atoms with van der Waals surface area (Å²) in [5.41, 5.74) is 0.155. The topological polar surface area (TPSA) is 50.7 Å². The summed E-state index contributed by atoms with van der Waals surface area (Å²) in [5.74, 6) is 0.254. The fourth-order valence-electron chi connectivity index (χ4n) is 1.68. The summed E-state index contributed by atoms with van der Waals surface area (Å²) in [6, 6.07) is 2.57. The second kappa shape index (κ2) is 6.51. The monoisotopic (exact) mass is 261 g/mol. The van der Waals surface area contributed by atoms with Crippen LogP contribution in [0, 0.1) is 0 Å². The molecule has 6 heteroatoms. The van der Waals surface area contributed by atoms with E-state index in [0.29, 0.717) is 5.56 Å². The van der Waals surface area contributed by atoms with E-state index in [-0.39, 0.29) is 23.6 Å². The van der Waals surface area contributed by atoms with Gasteiger partial charge in [0.05, 0.1) is 25.9 Å². The van der Waals surface area contributed by atoms with E-state index < -0.39 is 12.5 Å². The largest absolute Gasteiger partial charge is 0.496 e. The summed E-state index contributed by atoms with van der Waals surface area (Å²) in [6.45, 7) is 0.285. The molecule has 2 N–H and O–H groups in total. The number of likely N-dealkylation sites (N-methyl/N-ethyl adjacent to an activating group) is 1. The van der Waals surface area contributed by atoms with Gasteiger partial charge >= 0.3 is 0 Å². The number of ether oxygens (including phenoxy) is 2. The van der Waals surface area contributed by atoms with Gasteiger partial charge in [0.1, 0.15) is 11.5 Å². The zero-order chi connectivity index (χ0) is 13.7. The predicted octanol–water partition coefficient (Wildman–Crippen LogP) is 1.89. The van der Waals surface area contributed by atoms with E-state index in [2.05, 4.69) is 5.32 Å². The zero-order valence-electron chi connectivity index (χ0n) is 10.5. The highest BCUT2D eigenvalue weighted by molar-refractivity contribution is 5.48. The van der Waals surface area contributed by atoms with Gasteiger partial charge in [-0.05, 0) is 19.2 Å². The molecular weight excluding hydrogens is 244 g/mol. The van der Waals surface area contributed by atoms with Crippen molar-refractivity contribution >= 4 is 0 Å². The van der Waals surface area contributed by atoms with Gasteiger partial charge in [0.25, 0.3) is 6.43 Å². The van der Waals surface area contributed by atoms with Crippen LogP contribution in [0.2, 0.25) is 0 Å². The molecule has 0 saturated carbocycles. The Morgan fingerprint density at radius 1 is 1.17 bits per heavy atom. The Morgan fingerprint density at radius 2 is 1.67 bits per heavy atom. The minimum absolute atomic E-state index is 0.0379. The van der Waals surface area contributed by atoms with Gasteiger partial charge in [-0.3, -0.25) is 0 Å². The van der Waals surface area contributed by atoms with Gasteiger partial charge in [0, 0.05) is 12.1 Å². The molecule has 0 aromatic heterocycles. The smallest absolute Gasteiger partial charge is 0.267 e. The SMILES string of the molecule is CNCC(O)c1cc(OC)c(C(F)F)cc1OC. The molecule has 0 aliphatic heterocycles. The number of hydrogen-bond acceptors (Lipinski definition) is 4. The summed E-state index contributed by atoms with van der Waals surface area (Å²) in [4.78, 5) is 0. The van der Waals surface area contributed by atoms with Gasteiger partial charge in [0.15, 0.2) is 0 Å². The first-order valence-electron chi connectivity index (χ1n) is 5.41. The molecular formula is C12H17F2NO3. The van der Waals surface area contributed by atoms with E-state index in [0.717, 1.165) is 0 Å². The van der Waals surface area contributed by atoms with Gasteiger partial charge in [-0.25, -0.2) is 8.78 Å². The predicted molar refractivity (Wildman–Crippen MR) is 63.4 cm³/mol. The van der Waals surface area contributed by atoms with E-state index in [4.69, 9.17) is 9.47 Å². The molecule has 0 saturated heterocycles. The molecule has 102 valence electrons. The maximum atomic E-state index is 12.8. The molecule has 0 radical (unpaired) electrons. The number of nitrogens with one attached hydrogen (secondary N) is 1. The second-order valence-electron chi connectivity index (χ2n) is 3.71. The Balaban J connectivity index is 3.25. The van der Waals surface area contributed by atoms with Crippen molar-refractivity contribution < 1.29 is 23.4 Å². The number of aliphatic hydroxyl groups excluding tert-OH is 1. The third-order valence-electron chi connectivity index (χ3n) is 2.57. The highest BCUT2D eigenvalue weighted by Gasteiger charge is 2.21. The molecule has 0 spiro atoms. The Labute approximate surface area is 105 Å². The first-order valence-corrected chi connectivity index (χ1v) is 5.41. The first kappa shape index (κ1) is 14.7. The van der Waals surface area contributed by atoms with E-state index >= 15 is 0 Å². The van der Waals surface area contributed by atoms with E-state index in [1.54, 1.807) is 7.05 Å². The second-order valence-corrected chi connectivity index (χ2v) is 3.71. The Morgan fingerprint density at radius 3 is 2.11 bits per heavy atom. The molecule has 4 nitrogen and oxygen atoms in total. The van der Waals surface area contributed by atoms with Gasteiger partial charge in [-0.15, -0.1) is 0 Å². The number of alkyl halides is 2. The van der Waals surface area contributed by atoms with Gasteiger partial charge in [0.2, 0.25) is 0 Å².